The van der Waals surface area contributed by atoms with Crippen LogP contribution in [-0.2, 0) is 18.8 Å². The average molecular weight is 236 g/mol. The van der Waals surface area contributed by atoms with E-state index in [-0.39, 0.29) is 0 Å². The molecular formula is C9H19NO4P. The molecule has 0 aromatic carbocycles. The van der Waals surface area contributed by atoms with Gasteiger partial charge in [-0.25, -0.2) is 0 Å². The zero-order chi connectivity index (χ0) is 11.5. The Kier molecular flexibility index (Phi) is 4.32. The third-order valence-electron chi connectivity index (χ3n) is 2.74. The summed E-state index contributed by atoms with van der Waals surface area (Å²) in [6, 6.07) is 0. The molecule has 1 saturated heterocycles. The predicted molar refractivity (Wildman–Crippen MR) is 55.9 cm³/mol. The van der Waals surface area contributed by atoms with Gasteiger partial charge in [-0.2, -0.15) is 0 Å². The van der Waals surface area contributed by atoms with Crippen LogP contribution >= 0.6 is 7.60 Å². The summed E-state index contributed by atoms with van der Waals surface area (Å²) < 4.78 is 22.9. The lowest BCUT2D eigenvalue weighted by atomic mass is 10.2. The lowest BCUT2D eigenvalue weighted by Crippen LogP contribution is -2.38. The lowest BCUT2D eigenvalue weighted by Gasteiger charge is -2.34. The normalized spacial score (nSPS) is 28.5. The first-order chi connectivity index (χ1) is 7.00. The molecule has 1 unspecified atom stereocenters. The van der Waals surface area contributed by atoms with Gasteiger partial charge < -0.3 is 9.05 Å². The van der Waals surface area contributed by atoms with Crippen LogP contribution in [0, 0.1) is 0 Å². The highest BCUT2D eigenvalue weighted by atomic mass is 31.2. The maximum absolute atomic E-state index is 12.5. The molecule has 15 heavy (non-hydrogen) atoms. The van der Waals surface area contributed by atoms with Crippen molar-refractivity contribution in [2.75, 3.05) is 19.8 Å². The van der Waals surface area contributed by atoms with Gasteiger partial charge in [0.1, 0.15) is 5.28 Å². The Bertz CT molecular complexity index is 250. The smallest absolute Gasteiger partial charge is 0.308 e. The van der Waals surface area contributed by atoms with Gasteiger partial charge in [0.05, 0.1) is 13.2 Å². The van der Waals surface area contributed by atoms with Crippen LogP contribution in [0.2, 0.25) is 0 Å². The van der Waals surface area contributed by atoms with E-state index in [1.165, 1.54) is 0 Å². The number of nitrogens with zero attached hydrogens (tertiary/aromatic N) is 1. The highest BCUT2D eigenvalue weighted by molar-refractivity contribution is 7.55. The summed E-state index contributed by atoms with van der Waals surface area (Å²) in [4.78, 5) is 0. The van der Waals surface area contributed by atoms with Crippen LogP contribution in [0.3, 0.4) is 0 Å². The zero-order valence-electron chi connectivity index (χ0n) is 9.56. The predicted octanol–water partition coefficient (Wildman–Crippen LogP) is 2.41. The molecule has 1 radical (unpaired) electrons. The largest absolute Gasteiger partial charge is 0.352 e. The molecule has 0 saturated carbocycles. The van der Waals surface area contributed by atoms with Crippen LogP contribution < -0.4 is 0 Å². The third-order valence-corrected chi connectivity index (χ3v) is 5.56. The first-order valence-corrected chi connectivity index (χ1v) is 6.88. The average Bonchev–Trinajstić information content (AvgIpc) is 2.49. The van der Waals surface area contributed by atoms with Crippen molar-refractivity contribution in [2.24, 2.45) is 0 Å². The number of hydroxylamine groups is 2. The minimum absolute atomic E-state index is 0.292. The maximum atomic E-state index is 12.5. The van der Waals surface area contributed by atoms with Crippen LogP contribution in [0.15, 0.2) is 0 Å². The van der Waals surface area contributed by atoms with Crippen molar-refractivity contribution in [2.45, 2.75) is 38.9 Å². The van der Waals surface area contributed by atoms with Crippen molar-refractivity contribution in [1.82, 2.24) is 5.06 Å². The summed E-state index contributed by atoms with van der Waals surface area (Å²) in [7, 11) is -3.32. The van der Waals surface area contributed by atoms with E-state index in [4.69, 9.17) is 9.05 Å². The Morgan fingerprint density at radius 1 is 1.33 bits per heavy atom. The standard InChI is InChI=1S/C9H19NO4P/c1-4-13-15(12,14-5-2)9(3)7-6-8-10(9)11/h4-8H2,1-3H3. The molecule has 1 rings (SSSR count). The highest BCUT2D eigenvalue weighted by Crippen LogP contribution is 2.64. The van der Waals surface area contributed by atoms with Gasteiger partial charge in [0.15, 0.2) is 0 Å². The molecule has 5 nitrogen and oxygen atoms in total. The molecule has 0 aliphatic carbocycles. The van der Waals surface area contributed by atoms with Gasteiger partial charge in [-0.1, -0.05) is 0 Å². The molecule has 0 N–H and O–H groups in total. The molecule has 89 valence electrons. The number of hydrogen-bond donors (Lipinski definition) is 0. The van der Waals surface area contributed by atoms with Crippen LogP contribution in [0.4, 0.5) is 0 Å². The van der Waals surface area contributed by atoms with Crippen LogP contribution in [0.1, 0.15) is 33.6 Å². The quantitative estimate of drug-likeness (QED) is 0.688. The Hall–Kier alpha value is 0.0700. The Labute approximate surface area is 90.9 Å². The Morgan fingerprint density at radius 3 is 2.20 bits per heavy atom. The van der Waals surface area contributed by atoms with Crippen molar-refractivity contribution in [1.29, 1.82) is 0 Å². The molecule has 0 bridgehead atoms. The van der Waals surface area contributed by atoms with Crippen molar-refractivity contribution in [3.63, 3.8) is 0 Å². The first-order valence-electron chi connectivity index (χ1n) is 5.34. The van der Waals surface area contributed by atoms with Crippen molar-refractivity contribution in [3.8, 4) is 0 Å². The topological polar surface area (TPSA) is 58.7 Å². The molecule has 1 heterocycles. The summed E-state index contributed by atoms with van der Waals surface area (Å²) in [5.41, 5.74) is 0. The molecular weight excluding hydrogens is 217 g/mol. The van der Waals surface area contributed by atoms with Gasteiger partial charge >= 0.3 is 7.60 Å². The van der Waals surface area contributed by atoms with Gasteiger partial charge in [-0.15, -0.1) is 10.3 Å². The van der Waals surface area contributed by atoms with E-state index >= 15 is 0 Å². The SMILES string of the molecule is CCOP(=O)(OCC)C1(C)CCCN1[O]. The molecule has 1 atom stereocenters. The van der Waals surface area contributed by atoms with Crippen LogP contribution in [-0.4, -0.2) is 30.1 Å². The molecule has 0 aromatic rings. The molecule has 0 aromatic heterocycles. The van der Waals surface area contributed by atoms with E-state index in [1.807, 2.05) is 0 Å². The molecule has 0 amide bonds. The number of hydrogen-bond acceptors (Lipinski definition) is 4. The van der Waals surface area contributed by atoms with Gasteiger partial charge in [-0.3, -0.25) is 4.57 Å². The van der Waals surface area contributed by atoms with E-state index in [0.29, 0.717) is 26.2 Å². The van der Waals surface area contributed by atoms with E-state index in [2.05, 4.69) is 0 Å². The first kappa shape index (κ1) is 13.1. The van der Waals surface area contributed by atoms with Gasteiger partial charge in [-0.05, 0) is 33.6 Å². The summed E-state index contributed by atoms with van der Waals surface area (Å²) in [6.45, 7) is 6.15. The van der Waals surface area contributed by atoms with E-state index in [9.17, 15) is 9.77 Å². The fourth-order valence-corrected chi connectivity index (χ4v) is 3.97. The van der Waals surface area contributed by atoms with Crippen molar-refractivity contribution < 1.29 is 18.8 Å². The van der Waals surface area contributed by atoms with Gasteiger partial charge in [0.25, 0.3) is 0 Å². The Morgan fingerprint density at radius 2 is 1.87 bits per heavy atom. The zero-order valence-corrected chi connectivity index (χ0v) is 10.5. The summed E-state index contributed by atoms with van der Waals surface area (Å²) in [5, 5.41) is 11.5. The highest BCUT2D eigenvalue weighted by Gasteiger charge is 2.54. The van der Waals surface area contributed by atoms with Crippen molar-refractivity contribution >= 4 is 7.60 Å². The molecule has 0 spiro atoms. The second-order valence-corrected chi connectivity index (χ2v) is 6.23. The third kappa shape index (κ3) is 2.27. The molecule has 1 aliphatic rings. The second-order valence-electron chi connectivity index (χ2n) is 3.76. The van der Waals surface area contributed by atoms with Crippen molar-refractivity contribution in [3.05, 3.63) is 0 Å². The van der Waals surface area contributed by atoms with E-state index in [1.54, 1.807) is 20.8 Å². The maximum Gasteiger partial charge on any atom is 0.352 e. The minimum Gasteiger partial charge on any atom is -0.308 e. The van der Waals surface area contributed by atoms with Crippen LogP contribution in [0.25, 0.3) is 0 Å². The second kappa shape index (κ2) is 4.93. The number of rotatable bonds is 5. The minimum atomic E-state index is -3.32. The Balaban J connectivity index is 2.92. The van der Waals surface area contributed by atoms with E-state index in [0.717, 1.165) is 11.5 Å². The summed E-state index contributed by atoms with van der Waals surface area (Å²) >= 11 is 0. The summed E-state index contributed by atoms with van der Waals surface area (Å²) in [6.07, 6.45) is 1.30. The van der Waals surface area contributed by atoms with E-state index < -0.39 is 12.9 Å². The van der Waals surface area contributed by atoms with Crippen LogP contribution in [0.5, 0.6) is 0 Å². The lowest BCUT2D eigenvalue weighted by molar-refractivity contribution is -0.181. The molecule has 6 heteroatoms. The fourth-order valence-electron chi connectivity index (χ4n) is 1.85. The molecule has 1 fully saturated rings. The monoisotopic (exact) mass is 236 g/mol. The van der Waals surface area contributed by atoms with Gasteiger partial charge in [0, 0.05) is 6.54 Å². The van der Waals surface area contributed by atoms with Gasteiger partial charge in [0.2, 0.25) is 0 Å². The fraction of sp³-hybridized carbons (Fsp3) is 1.00. The summed E-state index contributed by atoms with van der Waals surface area (Å²) in [5.74, 6) is 0. The molecule has 1 aliphatic heterocycles.